The minimum Gasteiger partial charge on any atom is -0.324 e. The summed E-state index contributed by atoms with van der Waals surface area (Å²) in [6.07, 6.45) is 0. The van der Waals surface area contributed by atoms with Crippen LogP contribution in [-0.4, -0.2) is 19.7 Å². The third-order valence-corrected chi connectivity index (χ3v) is 3.33. The Balaban J connectivity index is 2.72. The molecule has 7 nitrogen and oxygen atoms in total. The molecule has 0 bridgehead atoms. The standard InChI is InChI=1S/C14H19N5O2/c1-9-10(6-5-7-11(9)19(20)21)13-17-16-12(8-15)18(13)14(2,3)4/h5-7H,8,15H2,1-4H3. The van der Waals surface area contributed by atoms with E-state index in [0.717, 1.165) is 0 Å². The van der Waals surface area contributed by atoms with Crippen molar-refractivity contribution in [3.8, 4) is 11.4 Å². The first-order valence-corrected chi connectivity index (χ1v) is 6.66. The topological polar surface area (TPSA) is 99.9 Å². The Labute approximate surface area is 122 Å². The van der Waals surface area contributed by atoms with E-state index >= 15 is 0 Å². The van der Waals surface area contributed by atoms with Gasteiger partial charge in [-0.3, -0.25) is 10.1 Å². The zero-order valence-corrected chi connectivity index (χ0v) is 12.6. The van der Waals surface area contributed by atoms with Crippen LogP contribution in [0.5, 0.6) is 0 Å². The Hall–Kier alpha value is -2.28. The maximum absolute atomic E-state index is 11.1. The molecule has 21 heavy (non-hydrogen) atoms. The molecular weight excluding hydrogens is 270 g/mol. The highest BCUT2D eigenvalue weighted by Gasteiger charge is 2.25. The molecule has 112 valence electrons. The van der Waals surface area contributed by atoms with E-state index < -0.39 is 0 Å². The number of aromatic nitrogens is 3. The van der Waals surface area contributed by atoms with Gasteiger partial charge in [0.25, 0.3) is 5.69 Å². The fourth-order valence-electron chi connectivity index (χ4n) is 2.39. The monoisotopic (exact) mass is 289 g/mol. The van der Waals surface area contributed by atoms with E-state index in [1.165, 1.54) is 6.07 Å². The summed E-state index contributed by atoms with van der Waals surface area (Å²) >= 11 is 0. The van der Waals surface area contributed by atoms with Crippen molar-refractivity contribution in [1.82, 2.24) is 14.8 Å². The van der Waals surface area contributed by atoms with Crippen molar-refractivity contribution in [1.29, 1.82) is 0 Å². The van der Waals surface area contributed by atoms with Crippen LogP contribution in [0.15, 0.2) is 18.2 Å². The maximum Gasteiger partial charge on any atom is 0.273 e. The predicted molar refractivity (Wildman–Crippen MR) is 79.7 cm³/mol. The smallest absolute Gasteiger partial charge is 0.273 e. The SMILES string of the molecule is Cc1c(-c2nnc(CN)n2C(C)(C)C)cccc1[N+](=O)[O-]. The van der Waals surface area contributed by atoms with Crippen LogP contribution >= 0.6 is 0 Å². The lowest BCUT2D eigenvalue weighted by atomic mass is 10.0. The van der Waals surface area contributed by atoms with Crippen molar-refractivity contribution >= 4 is 5.69 Å². The lowest BCUT2D eigenvalue weighted by Crippen LogP contribution is -2.26. The molecule has 1 aromatic heterocycles. The maximum atomic E-state index is 11.1. The highest BCUT2D eigenvalue weighted by molar-refractivity contribution is 5.66. The summed E-state index contributed by atoms with van der Waals surface area (Å²) < 4.78 is 1.93. The molecule has 0 aliphatic rings. The molecule has 0 spiro atoms. The Morgan fingerprint density at radius 2 is 2.00 bits per heavy atom. The van der Waals surface area contributed by atoms with Gasteiger partial charge in [-0.05, 0) is 27.7 Å². The number of nitrogens with zero attached hydrogens (tertiary/aromatic N) is 4. The van der Waals surface area contributed by atoms with Gasteiger partial charge in [-0.25, -0.2) is 0 Å². The second kappa shape index (κ2) is 5.25. The minimum absolute atomic E-state index is 0.0743. The van der Waals surface area contributed by atoms with Crippen LogP contribution in [0.3, 0.4) is 0 Å². The van der Waals surface area contributed by atoms with E-state index in [2.05, 4.69) is 10.2 Å². The lowest BCUT2D eigenvalue weighted by Gasteiger charge is -2.25. The predicted octanol–water partition coefficient (Wildman–Crippen LogP) is 2.38. The molecule has 0 saturated carbocycles. The first kappa shape index (κ1) is 15.1. The summed E-state index contributed by atoms with van der Waals surface area (Å²) in [5.74, 6) is 1.26. The van der Waals surface area contributed by atoms with Crippen LogP contribution < -0.4 is 5.73 Å². The van der Waals surface area contributed by atoms with Crippen LogP contribution in [0.2, 0.25) is 0 Å². The van der Waals surface area contributed by atoms with Gasteiger partial charge >= 0.3 is 0 Å². The molecule has 0 aliphatic carbocycles. The zero-order chi connectivity index (χ0) is 15.8. The normalized spacial score (nSPS) is 11.7. The molecule has 0 atom stereocenters. The average Bonchev–Trinajstić information content (AvgIpc) is 2.82. The number of nitrogens with two attached hydrogens (primary N) is 1. The number of nitro groups is 1. The quantitative estimate of drug-likeness (QED) is 0.690. The second-order valence-corrected chi connectivity index (χ2v) is 5.86. The van der Waals surface area contributed by atoms with Crippen LogP contribution in [-0.2, 0) is 12.1 Å². The zero-order valence-electron chi connectivity index (χ0n) is 12.6. The highest BCUT2D eigenvalue weighted by Crippen LogP contribution is 2.32. The van der Waals surface area contributed by atoms with Gasteiger partial charge in [0.15, 0.2) is 5.82 Å². The molecule has 0 unspecified atom stereocenters. The number of hydrogen-bond donors (Lipinski definition) is 1. The summed E-state index contributed by atoms with van der Waals surface area (Å²) in [6, 6.07) is 4.96. The molecule has 7 heteroatoms. The molecule has 2 rings (SSSR count). The van der Waals surface area contributed by atoms with Crippen LogP contribution in [0.4, 0.5) is 5.69 Å². The Kier molecular flexibility index (Phi) is 3.78. The van der Waals surface area contributed by atoms with E-state index in [4.69, 9.17) is 5.73 Å². The molecule has 2 aromatic rings. The van der Waals surface area contributed by atoms with Crippen LogP contribution in [0, 0.1) is 17.0 Å². The van der Waals surface area contributed by atoms with Gasteiger partial charge in [0.1, 0.15) is 5.82 Å². The van der Waals surface area contributed by atoms with Crippen LogP contribution in [0.25, 0.3) is 11.4 Å². The van der Waals surface area contributed by atoms with Crippen molar-refractivity contribution in [3.63, 3.8) is 0 Å². The molecule has 0 saturated heterocycles. The highest BCUT2D eigenvalue weighted by atomic mass is 16.6. The number of rotatable bonds is 3. The van der Waals surface area contributed by atoms with Crippen molar-refractivity contribution in [2.24, 2.45) is 5.73 Å². The lowest BCUT2D eigenvalue weighted by molar-refractivity contribution is -0.385. The minimum atomic E-state index is -0.388. The van der Waals surface area contributed by atoms with E-state index in [1.807, 2.05) is 31.4 Å². The summed E-state index contributed by atoms with van der Waals surface area (Å²) in [7, 11) is 0. The number of nitro benzene ring substituents is 1. The number of hydrogen-bond acceptors (Lipinski definition) is 5. The molecule has 0 radical (unpaired) electrons. The Bertz CT molecular complexity index is 685. The Morgan fingerprint density at radius 1 is 1.33 bits per heavy atom. The van der Waals surface area contributed by atoms with Crippen molar-refractivity contribution in [2.75, 3.05) is 0 Å². The van der Waals surface area contributed by atoms with Gasteiger partial charge in [0, 0.05) is 22.7 Å². The van der Waals surface area contributed by atoms with Gasteiger partial charge in [-0.1, -0.05) is 12.1 Å². The molecule has 0 fully saturated rings. The van der Waals surface area contributed by atoms with E-state index in [-0.39, 0.29) is 22.7 Å². The summed E-state index contributed by atoms with van der Waals surface area (Å²) in [5, 5.41) is 19.4. The van der Waals surface area contributed by atoms with E-state index in [0.29, 0.717) is 22.8 Å². The first-order valence-electron chi connectivity index (χ1n) is 6.66. The summed E-state index contributed by atoms with van der Waals surface area (Å²) in [4.78, 5) is 10.7. The molecule has 1 heterocycles. The fraction of sp³-hybridized carbons (Fsp3) is 0.429. The molecular formula is C14H19N5O2. The van der Waals surface area contributed by atoms with Gasteiger partial charge in [-0.15, -0.1) is 10.2 Å². The van der Waals surface area contributed by atoms with Gasteiger partial charge in [-0.2, -0.15) is 0 Å². The average molecular weight is 289 g/mol. The van der Waals surface area contributed by atoms with Gasteiger partial charge in [0.2, 0.25) is 0 Å². The van der Waals surface area contributed by atoms with Crippen molar-refractivity contribution in [3.05, 3.63) is 39.7 Å². The summed E-state index contributed by atoms with van der Waals surface area (Å²) in [5.41, 5.74) is 6.80. The van der Waals surface area contributed by atoms with Crippen molar-refractivity contribution < 1.29 is 4.92 Å². The first-order chi connectivity index (χ1) is 9.77. The molecule has 2 N–H and O–H groups in total. The molecule has 0 amide bonds. The Morgan fingerprint density at radius 3 is 2.52 bits per heavy atom. The summed E-state index contributed by atoms with van der Waals surface area (Å²) in [6.45, 7) is 8.04. The van der Waals surface area contributed by atoms with E-state index in [1.54, 1.807) is 13.0 Å². The largest absolute Gasteiger partial charge is 0.324 e. The van der Waals surface area contributed by atoms with Crippen LogP contribution in [0.1, 0.15) is 32.2 Å². The van der Waals surface area contributed by atoms with Crippen molar-refractivity contribution in [2.45, 2.75) is 39.8 Å². The van der Waals surface area contributed by atoms with E-state index in [9.17, 15) is 10.1 Å². The third kappa shape index (κ3) is 2.64. The fourth-order valence-corrected chi connectivity index (χ4v) is 2.39. The molecule has 1 aromatic carbocycles. The second-order valence-electron chi connectivity index (χ2n) is 5.86. The van der Waals surface area contributed by atoms with Gasteiger partial charge < -0.3 is 10.3 Å². The van der Waals surface area contributed by atoms with Gasteiger partial charge in [0.05, 0.1) is 11.5 Å². The molecule has 0 aliphatic heterocycles. The third-order valence-electron chi connectivity index (χ3n) is 3.33. The number of benzene rings is 1.